The molecule has 0 saturated carbocycles. The van der Waals surface area contributed by atoms with Crippen molar-refractivity contribution >= 4 is 35.9 Å². The minimum absolute atomic E-state index is 0.0202. The summed E-state index contributed by atoms with van der Waals surface area (Å²) in [6.45, 7) is 0. The van der Waals surface area contributed by atoms with Gasteiger partial charge in [-0.05, 0) is 5.16 Å². The van der Waals surface area contributed by atoms with Gasteiger partial charge in [0, 0.05) is 0 Å². The number of nitriles is 1. The molecule has 0 aromatic heterocycles. The molecule has 20 heavy (non-hydrogen) atoms. The molecule has 0 aliphatic carbocycles. The van der Waals surface area contributed by atoms with Crippen molar-refractivity contribution in [2.45, 2.75) is 18.4 Å². The molecule has 110 valence electrons. The fourth-order valence-corrected chi connectivity index (χ4v) is 1.41. The van der Waals surface area contributed by atoms with Crippen LogP contribution in [0.1, 0.15) is 12.8 Å². The third kappa shape index (κ3) is 5.89. The zero-order valence-electron chi connectivity index (χ0n) is 9.81. The maximum atomic E-state index is 11.3. The van der Waals surface area contributed by atoms with Crippen LogP contribution in [-0.4, -0.2) is 39.7 Å². The first-order valence-corrected chi connectivity index (χ1v) is 5.45. The Morgan fingerprint density at radius 2 is 1.90 bits per heavy atom. The third-order valence-corrected chi connectivity index (χ3v) is 2.22. The number of aliphatic carboxylic acids is 2. The topological polar surface area (TPSA) is 198 Å². The average Bonchev–Trinajstić information content (AvgIpc) is 2.32. The largest absolute Gasteiger partial charge is 0.481 e. The molecule has 11 nitrogen and oxygen atoms in total. The molecular formula is C8H10N4O7S. The van der Waals surface area contributed by atoms with Gasteiger partial charge in [-0.2, -0.15) is 5.26 Å². The Labute approximate surface area is 116 Å². The summed E-state index contributed by atoms with van der Waals surface area (Å²) in [7, 11) is 0. The van der Waals surface area contributed by atoms with Crippen molar-refractivity contribution in [1.82, 2.24) is 0 Å². The van der Waals surface area contributed by atoms with Gasteiger partial charge < -0.3 is 26.5 Å². The van der Waals surface area contributed by atoms with Gasteiger partial charge >= 0.3 is 17.9 Å². The smallest absolute Gasteiger partial charge is 0.338 e. The molecule has 1 atom stereocenters. The van der Waals surface area contributed by atoms with Crippen LogP contribution in [0.2, 0.25) is 0 Å². The SMILES string of the molecule is N#CSOC(CC(=O)O)(CC(=O)ON=C(N)N)C(=O)O. The first-order valence-electron chi connectivity index (χ1n) is 4.71. The van der Waals surface area contributed by atoms with Crippen LogP contribution >= 0.6 is 12.0 Å². The van der Waals surface area contributed by atoms with Gasteiger partial charge in [-0.15, -0.1) is 0 Å². The van der Waals surface area contributed by atoms with Crippen molar-refractivity contribution in [2.75, 3.05) is 0 Å². The molecule has 0 amide bonds. The molecule has 0 spiro atoms. The van der Waals surface area contributed by atoms with Crippen molar-refractivity contribution in [3.63, 3.8) is 0 Å². The Hall–Kier alpha value is -2.52. The number of rotatable bonds is 8. The number of carboxylic acids is 2. The highest BCUT2D eigenvalue weighted by Crippen LogP contribution is 2.27. The number of carbonyl (C=O) groups is 3. The Balaban J connectivity index is 5.13. The number of nitrogens with two attached hydrogens (primary N) is 2. The van der Waals surface area contributed by atoms with Crippen LogP contribution < -0.4 is 11.5 Å². The van der Waals surface area contributed by atoms with Crippen LogP contribution in [0, 0.1) is 10.7 Å². The predicted octanol–water partition coefficient (Wildman–Crippen LogP) is -1.45. The molecule has 0 aromatic rings. The number of hydrogen-bond acceptors (Lipinski definition) is 8. The van der Waals surface area contributed by atoms with Crippen LogP contribution in [0.3, 0.4) is 0 Å². The van der Waals surface area contributed by atoms with Gasteiger partial charge in [-0.1, -0.05) is 0 Å². The summed E-state index contributed by atoms with van der Waals surface area (Å²) in [4.78, 5) is 37.3. The lowest BCUT2D eigenvalue weighted by Gasteiger charge is -2.23. The van der Waals surface area contributed by atoms with Gasteiger partial charge in [0.05, 0.1) is 12.8 Å². The van der Waals surface area contributed by atoms with Gasteiger partial charge in [0.15, 0.2) is 5.40 Å². The molecule has 0 radical (unpaired) electrons. The van der Waals surface area contributed by atoms with E-state index >= 15 is 0 Å². The van der Waals surface area contributed by atoms with Crippen molar-refractivity contribution in [3.8, 4) is 5.40 Å². The lowest BCUT2D eigenvalue weighted by atomic mass is 9.96. The van der Waals surface area contributed by atoms with Gasteiger partial charge in [-0.3, -0.25) is 8.98 Å². The summed E-state index contributed by atoms with van der Waals surface area (Å²) in [6, 6.07) is 0. The highest BCUT2D eigenvalue weighted by atomic mass is 32.2. The van der Waals surface area contributed by atoms with Gasteiger partial charge in [0.25, 0.3) is 0 Å². The normalized spacial score (nSPS) is 12.6. The number of nitrogens with zero attached hydrogens (tertiary/aromatic N) is 2. The molecule has 6 N–H and O–H groups in total. The van der Waals surface area contributed by atoms with E-state index in [1.165, 1.54) is 5.40 Å². The van der Waals surface area contributed by atoms with Crippen LogP contribution in [0.5, 0.6) is 0 Å². The number of guanidine groups is 1. The molecule has 1 unspecified atom stereocenters. The number of carboxylic acid groups (broad SMARTS) is 2. The first-order chi connectivity index (χ1) is 9.23. The second kappa shape index (κ2) is 7.81. The summed E-state index contributed by atoms with van der Waals surface area (Å²) in [6.07, 6.45) is -2.09. The molecule has 0 saturated heterocycles. The molecule has 0 aliphatic rings. The quantitative estimate of drug-likeness (QED) is 0.102. The molecule has 0 aliphatic heterocycles. The van der Waals surface area contributed by atoms with E-state index in [2.05, 4.69) is 14.2 Å². The molecule has 0 aromatic carbocycles. The highest BCUT2D eigenvalue weighted by Gasteiger charge is 2.46. The molecule has 0 fully saturated rings. The maximum Gasteiger partial charge on any atom is 0.338 e. The summed E-state index contributed by atoms with van der Waals surface area (Å²) in [5.74, 6) is -5.16. The molecule has 0 heterocycles. The monoisotopic (exact) mass is 306 g/mol. The number of thiocyanates is 1. The average molecular weight is 306 g/mol. The highest BCUT2D eigenvalue weighted by molar-refractivity contribution is 7.99. The lowest BCUT2D eigenvalue weighted by Crippen LogP contribution is -2.44. The van der Waals surface area contributed by atoms with E-state index in [9.17, 15) is 14.4 Å². The Kier molecular flexibility index (Phi) is 6.83. The second-order valence-corrected chi connectivity index (χ2v) is 3.80. The minimum atomic E-state index is -2.48. The fourth-order valence-electron chi connectivity index (χ4n) is 1.02. The van der Waals surface area contributed by atoms with E-state index in [0.29, 0.717) is 0 Å². The number of carbonyl (C=O) groups excluding carboxylic acids is 1. The summed E-state index contributed by atoms with van der Waals surface area (Å²) < 4.78 is 4.59. The van der Waals surface area contributed by atoms with Crippen LogP contribution in [0.15, 0.2) is 5.16 Å². The Morgan fingerprint density at radius 3 is 2.30 bits per heavy atom. The van der Waals surface area contributed by atoms with E-state index in [-0.39, 0.29) is 12.0 Å². The maximum absolute atomic E-state index is 11.3. The van der Waals surface area contributed by atoms with Crippen molar-refractivity contribution in [2.24, 2.45) is 16.6 Å². The zero-order chi connectivity index (χ0) is 15.8. The molecular weight excluding hydrogens is 296 g/mol. The first kappa shape index (κ1) is 17.5. The van der Waals surface area contributed by atoms with Crippen molar-refractivity contribution in [1.29, 1.82) is 5.26 Å². The lowest BCUT2D eigenvalue weighted by molar-refractivity contribution is -0.167. The zero-order valence-corrected chi connectivity index (χ0v) is 10.6. The van der Waals surface area contributed by atoms with Crippen LogP contribution in [-0.2, 0) is 23.4 Å². The van der Waals surface area contributed by atoms with Crippen molar-refractivity contribution < 1.29 is 33.6 Å². The van der Waals surface area contributed by atoms with Gasteiger partial charge in [-0.25, -0.2) is 9.59 Å². The fraction of sp³-hybridized carbons (Fsp3) is 0.375. The van der Waals surface area contributed by atoms with E-state index in [1.54, 1.807) is 0 Å². The number of oxime groups is 1. The molecule has 0 rings (SSSR count). The third-order valence-electron chi connectivity index (χ3n) is 1.75. The Bertz CT molecular complexity index is 470. The van der Waals surface area contributed by atoms with Gasteiger partial charge in [0.1, 0.15) is 12.0 Å². The number of hydrogen-bond donors (Lipinski definition) is 4. The minimum Gasteiger partial charge on any atom is -0.481 e. The van der Waals surface area contributed by atoms with Crippen molar-refractivity contribution in [3.05, 3.63) is 0 Å². The summed E-state index contributed by atoms with van der Waals surface area (Å²) in [5.41, 5.74) is 7.29. The Morgan fingerprint density at radius 1 is 1.30 bits per heavy atom. The molecule has 0 bridgehead atoms. The van der Waals surface area contributed by atoms with E-state index in [4.69, 9.17) is 26.9 Å². The second-order valence-electron chi connectivity index (χ2n) is 3.28. The van der Waals surface area contributed by atoms with E-state index in [1.807, 2.05) is 0 Å². The standard InChI is InChI=1S/C8H10N4O7S/c9-3-20-19-8(6(16)17,1-4(13)14)2-5(15)18-12-7(10)11/h1-2H2,(H,13,14)(H,16,17)(H4,10,11,12). The van der Waals surface area contributed by atoms with Crippen LogP contribution in [0.4, 0.5) is 0 Å². The molecule has 12 heteroatoms. The van der Waals surface area contributed by atoms with E-state index in [0.717, 1.165) is 0 Å². The summed E-state index contributed by atoms with van der Waals surface area (Å²) >= 11 is 0.0202. The van der Waals surface area contributed by atoms with Gasteiger partial charge in [0.2, 0.25) is 11.6 Å². The summed E-state index contributed by atoms with van der Waals surface area (Å²) in [5, 5.41) is 30.3. The predicted molar refractivity (Wildman–Crippen MR) is 63.4 cm³/mol. The van der Waals surface area contributed by atoms with Crippen LogP contribution in [0.25, 0.3) is 0 Å². The van der Waals surface area contributed by atoms with E-state index < -0.39 is 42.3 Å².